The monoisotopic (exact) mass is 224 g/mol. The minimum Gasteiger partial charge on any atom is -0.493 e. The summed E-state index contributed by atoms with van der Waals surface area (Å²) in [5.41, 5.74) is 0.821. The maximum absolute atomic E-state index is 10.1. The summed E-state index contributed by atoms with van der Waals surface area (Å²) in [6.07, 6.45) is -0.143. The molecule has 1 saturated heterocycles. The summed E-state index contributed by atoms with van der Waals surface area (Å²) in [4.78, 5) is 19.2. The molecular formula is C11H12O5. The lowest BCUT2D eigenvalue weighted by Crippen LogP contribution is -2.34. The number of hydrogen-bond acceptors (Lipinski definition) is 5. The largest absolute Gasteiger partial charge is 0.493 e. The molecule has 1 fully saturated rings. The molecule has 0 aromatic heterocycles. The SMILES string of the molecule is O=CCCOc1ccc(C2OOC2O)cc1. The molecule has 0 aliphatic carbocycles. The molecule has 1 N–H and O–H groups in total. The van der Waals surface area contributed by atoms with E-state index < -0.39 is 12.4 Å². The second-order valence-corrected chi connectivity index (χ2v) is 3.38. The number of hydrogen-bond donors (Lipinski definition) is 1. The molecular weight excluding hydrogens is 212 g/mol. The average molecular weight is 224 g/mol. The maximum atomic E-state index is 10.1. The standard InChI is InChI=1S/C11H12O5/c12-6-1-7-14-9-4-2-8(3-5-9)10-11(13)16-15-10/h2-6,10-11,13H,1,7H2. The van der Waals surface area contributed by atoms with Crippen LogP contribution in [0.4, 0.5) is 0 Å². The van der Waals surface area contributed by atoms with Gasteiger partial charge >= 0.3 is 0 Å². The highest BCUT2D eigenvalue weighted by molar-refractivity contribution is 5.49. The van der Waals surface area contributed by atoms with Crippen LogP contribution in [0, 0.1) is 0 Å². The summed E-state index contributed by atoms with van der Waals surface area (Å²) >= 11 is 0. The Bertz CT molecular complexity index is 348. The highest BCUT2D eigenvalue weighted by atomic mass is 17.3. The lowest BCUT2D eigenvalue weighted by atomic mass is 10.1. The first kappa shape index (κ1) is 11.1. The molecule has 0 spiro atoms. The van der Waals surface area contributed by atoms with Gasteiger partial charge in [0.1, 0.15) is 12.0 Å². The summed E-state index contributed by atoms with van der Waals surface area (Å²) < 4.78 is 5.29. The van der Waals surface area contributed by atoms with Crippen LogP contribution in [0.5, 0.6) is 5.75 Å². The van der Waals surface area contributed by atoms with Gasteiger partial charge in [0.15, 0.2) is 6.10 Å². The summed E-state index contributed by atoms with van der Waals surface area (Å²) in [5.74, 6) is 0.681. The molecule has 0 amide bonds. The van der Waals surface area contributed by atoms with Gasteiger partial charge < -0.3 is 14.6 Å². The highest BCUT2D eigenvalue weighted by Gasteiger charge is 2.34. The Morgan fingerprint density at radius 1 is 1.31 bits per heavy atom. The van der Waals surface area contributed by atoms with Crippen molar-refractivity contribution < 1.29 is 24.4 Å². The molecule has 0 saturated carbocycles. The van der Waals surface area contributed by atoms with Crippen LogP contribution in [-0.4, -0.2) is 24.3 Å². The molecule has 5 nitrogen and oxygen atoms in total. The van der Waals surface area contributed by atoms with E-state index in [1.54, 1.807) is 24.3 Å². The number of aliphatic hydroxyl groups excluding tert-OH is 1. The van der Waals surface area contributed by atoms with E-state index >= 15 is 0 Å². The molecule has 16 heavy (non-hydrogen) atoms. The van der Waals surface area contributed by atoms with E-state index in [1.807, 2.05) is 0 Å². The van der Waals surface area contributed by atoms with Crippen molar-refractivity contribution in [3.05, 3.63) is 29.8 Å². The van der Waals surface area contributed by atoms with Gasteiger partial charge in [-0.25, -0.2) is 9.78 Å². The second kappa shape index (κ2) is 5.07. The maximum Gasteiger partial charge on any atom is 0.222 e. The molecule has 2 rings (SSSR count). The molecule has 5 heteroatoms. The fourth-order valence-corrected chi connectivity index (χ4v) is 1.36. The second-order valence-electron chi connectivity index (χ2n) is 3.38. The smallest absolute Gasteiger partial charge is 0.222 e. The van der Waals surface area contributed by atoms with Crippen LogP contribution < -0.4 is 4.74 Å². The predicted octanol–water partition coefficient (Wildman–Crippen LogP) is 0.976. The Balaban J connectivity index is 1.91. The summed E-state index contributed by atoms with van der Waals surface area (Å²) in [6, 6.07) is 7.09. The van der Waals surface area contributed by atoms with E-state index in [-0.39, 0.29) is 0 Å². The van der Waals surface area contributed by atoms with E-state index in [2.05, 4.69) is 4.89 Å². The fraction of sp³-hybridized carbons (Fsp3) is 0.364. The zero-order chi connectivity index (χ0) is 11.4. The number of aliphatic hydroxyl groups is 1. The first-order valence-electron chi connectivity index (χ1n) is 4.98. The highest BCUT2D eigenvalue weighted by Crippen LogP contribution is 2.31. The molecule has 1 aromatic carbocycles. The first-order valence-corrected chi connectivity index (χ1v) is 4.98. The zero-order valence-electron chi connectivity index (χ0n) is 8.54. The molecule has 2 unspecified atom stereocenters. The fourth-order valence-electron chi connectivity index (χ4n) is 1.36. The van der Waals surface area contributed by atoms with Gasteiger partial charge in [-0.1, -0.05) is 12.1 Å². The van der Waals surface area contributed by atoms with Gasteiger partial charge in [0.2, 0.25) is 6.29 Å². The molecule has 86 valence electrons. The number of ether oxygens (including phenoxy) is 1. The number of carbonyl (C=O) groups excluding carboxylic acids is 1. The van der Waals surface area contributed by atoms with E-state index in [0.29, 0.717) is 18.8 Å². The third-order valence-corrected chi connectivity index (χ3v) is 2.23. The minimum absolute atomic E-state index is 0.370. The van der Waals surface area contributed by atoms with Crippen molar-refractivity contribution >= 4 is 6.29 Å². The van der Waals surface area contributed by atoms with E-state index in [1.165, 1.54) is 0 Å². The van der Waals surface area contributed by atoms with Gasteiger partial charge in [0.05, 0.1) is 6.61 Å². The van der Waals surface area contributed by atoms with E-state index in [9.17, 15) is 9.90 Å². The van der Waals surface area contributed by atoms with Gasteiger partial charge in [0, 0.05) is 6.42 Å². The zero-order valence-corrected chi connectivity index (χ0v) is 8.54. The Kier molecular flexibility index (Phi) is 3.51. The third-order valence-electron chi connectivity index (χ3n) is 2.23. The van der Waals surface area contributed by atoms with Crippen molar-refractivity contribution in [1.82, 2.24) is 0 Å². The summed E-state index contributed by atoms with van der Waals surface area (Å²) in [5, 5.41) is 9.19. The predicted molar refractivity (Wildman–Crippen MR) is 53.5 cm³/mol. The van der Waals surface area contributed by atoms with Crippen LogP contribution in [0.15, 0.2) is 24.3 Å². The van der Waals surface area contributed by atoms with Crippen LogP contribution in [0.1, 0.15) is 18.1 Å². The normalized spacial score (nSPS) is 23.6. The van der Waals surface area contributed by atoms with Crippen molar-refractivity contribution in [1.29, 1.82) is 0 Å². The van der Waals surface area contributed by atoms with Crippen molar-refractivity contribution in [2.24, 2.45) is 0 Å². The number of benzene rings is 1. The van der Waals surface area contributed by atoms with Crippen molar-refractivity contribution in [3.8, 4) is 5.75 Å². The van der Waals surface area contributed by atoms with Crippen LogP contribution in [-0.2, 0) is 14.6 Å². The Morgan fingerprint density at radius 2 is 2.06 bits per heavy atom. The summed E-state index contributed by atoms with van der Waals surface area (Å²) in [7, 11) is 0. The van der Waals surface area contributed by atoms with E-state index in [4.69, 9.17) is 9.62 Å². The summed E-state index contributed by atoms with van der Waals surface area (Å²) in [6.45, 7) is 0.370. The van der Waals surface area contributed by atoms with E-state index in [0.717, 1.165) is 11.8 Å². The number of aldehydes is 1. The minimum atomic E-state index is -0.901. The number of carbonyl (C=O) groups is 1. The lowest BCUT2D eigenvalue weighted by molar-refractivity contribution is -0.517. The lowest BCUT2D eigenvalue weighted by Gasteiger charge is -2.30. The van der Waals surface area contributed by atoms with Gasteiger partial charge in [-0.3, -0.25) is 0 Å². The van der Waals surface area contributed by atoms with Gasteiger partial charge in [0.25, 0.3) is 0 Å². The van der Waals surface area contributed by atoms with Gasteiger partial charge in [-0.15, -0.1) is 0 Å². The van der Waals surface area contributed by atoms with Crippen molar-refractivity contribution in [2.45, 2.75) is 18.8 Å². The molecule has 1 aliphatic heterocycles. The Hall–Kier alpha value is -1.43. The van der Waals surface area contributed by atoms with Gasteiger partial charge in [-0.2, -0.15) is 0 Å². The Morgan fingerprint density at radius 3 is 2.56 bits per heavy atom. The van der Waals surface area contributed by atoms with Crippen molar-refractivity contribution in [3.63, 3.8) is 0 Å². The number of rotatable bonds is 5. The van der Waals surface area contributed by atoms with Crippen LogP contribution in [0.25, 0.3) is 0 Å². The van der Waals surface area contributed by atoms with Crippen LogP contribution in [0.3, 0.4) is 0 Å². The van der Waals surface area contributed by atoms with Crippen molar-refractivity contribution in [2.75, 3.05) is 6.61 Å². The molecule has 2 atom stereocenters. The first-order chi connectivity index (χ1) is 7.81. The molecule has 1 aromatic rings. The average Bonchev–Trinajstić information content (AvgIpc) is 2.30. The van der Waals surface area contributed by atoms with Crippen LogP contribution in [0.2, 0.25) is 0 Å². The van der Waals surface area contributed by atoms with Gasteiger partial charge in [-0.05, 0) is 17.7 Å². The third kappa shape index (κ3) is 2.38. The molecule has 0 radical (unpaired) electrons. The molecule has 0 bridgehead atoms. The quantitative estimate of drug-likeness (QED) is 0.458. The topological polar surface area (TPSA) is 65.0 Å². The Labute approximate surface area is 92.5 Å². The van der Waals surface area contributed by atoms with Crippen LogP contribution >= 0.6 is 0 Å². The molecule has 1 heterocycles. The molecule has 1 aliphatic rings.